The first-order chi connectivity index (χ1) is 6.65. The predicted molar refractivity (Wildman–Crippen MR) is 57.1 cm³/mol. The van der Waals surface area contributed by atoms with Crippen molar-refractivity contribution in [2.75, 3.05) is 0 Å². The molecule has 0 atom stereocenters. The van der Waals surface area contributed by atoms with E-state index in [0.29, 0.717) is 0 Å². The van der Waals surface area contributed by atoms with Crippen molar-refractivity contribution in [2.45, 2.75) is 65.2 Å². The normalized spacial score (nSPS) is 9.00. The van der Waals surface area contributed by atoms with Crippen LogP contribution in [0.5, 0.6) is 0 Å². The third-order valence-corrected chi connectivity index (χ3v) is 1.96. The maximum atomic E-state index is 8.36. The standard InChI is InChI=1S/C10H22.HNO3/c1-3-5-7-9-10-8-6-4-2;2-1(3)4/h3-10H2,1-2H3;(H,2,3,4). The Morgan fingerprint density at radius 3 is 1.36 bits per heavy atom. The number of rotatable bonds is 7. The van der Waals surface area contributed by atoms with Crippen molar-refractivity contribution in [1.29, 1.82) is 0 Å². The molecule has 0 bridgehead atoms. The summed E-state index contributed by atoms with van der Waals surface area (Å²) in [5.74, 6) is 0. The van der Waals surface area contributed by atoms with Crippen molar-refractivity contribution in [3.63, 3.8) is 0 Å². The summed E-state index contributed by atoms with van der Waals surface area (Å²) in [4.78, 5) is 8.36. The SMILES string of the molecule is CCCCCCCCCC.O=[N+]([O-])O. The van der Waals surface area contributed by atoms with Crippen LogP contribution >= 0.6 is 0 Å². The van der Waals surface area contributed by atoms with Crippen LogP contribution in [0.4, 0.5) is 0 Å². The molecule has 0 fully saturated rings. The van der Waals surface area contributed by atoms with E-state index in [1.54, 1.807) is 0 Å². The Morgan fingerprint density at radius 1 is 0.929 bits per heavy atom. The smallest absolute Gasteiger partial charge is 0.291 e. The van der Waals surface area contributed by atoms with Gasteiger partial charge in [-0.15, -0.1) is 10.1 Å². The van der Waals surface area contributed by atoms with Gasteiger partial charge in [-0.05, 0) is 0 Å². The van der Waals surface area contributed by atoms with E-state index in [0.717, 1.165) is 0 Å². The largest absolute Gasteiger partial charge is 0.328 e. The Kier molecular flexibility index (Phi) is 16.5. The number of hydrogen-bond acceptors (Lipinski definition) is 2. The van der Waals surface area contributed by atoms with Gasteiger partial charge in [-0.1, -0.05) is 65.2 Å². The first-order valence-corrected chi connectivity index (χ1v) is 5.48. The van der Waals surface area contributed by atoms with Gasteiger partial charge in [-0.25, -0.2) is 0 Å². The van der Waals surface area contributed by atoms with Gasteiger partial charge in [0.1, 0.15) is 0 Å². The van der Waals surface area contributed by atoms with Crippen molar-refractivity contribution < 1.29 is 10.3 Å². The first kappa shape index (κ1) is 15.7. The topological polar surface area (TPSA) is 63.4 Å². The average molecular weight is 205 g/mol. The highest BCUT2D eigenvalue weighted by Crippen LogP contribution is 2.07. The van der Waals surface area contributed by atoms with Gasteiger partial charge in [-0.2, -0.15) is 0 Å². The number of hydrogen-bond donors (Lipinski definition) is 1. The van der Waals surface area contributed by atoms with E-state index < -0.39 is 5.09 Å². The summed E-state index contributed by atoms with van der Waals surface area (Å²) in [7, 11) is 0. The van der Waals surface area contributed by atoms with Crippen LogP contribution in [0.2, 0.25) is 0 Å². The minimum atomic E-state index is -1.50. The van der Waals surface area contributed by atoms with Gasteiger partial charge >= 0.3 is 0 Å². The fraction of sp³-hybridized carbons (Fsp3) is 1.00. The van der Waals surface area contributed by atoms with Gasteiger partial charge in [0.25, 0.3) is 5.09 Å². The summed E-state index contributed by atoms with van der Waals surface area (Å²) in [5, 5.41) is 13.6. The molecule has 0 saturated carbocycles. The zero-order valence-corrected chi connectivity index (χ0v) is 9.37. The molecule has 86 valence electrons. The third-order valence-electron chi connectivity index (χ3n) is 1.96. The second-order valence-electron chi connectivity index (χ2n) is 3.36. The van der Waals surface area contributed by atoms with Crippen LogP contribution in [0.3, 0.4) is 0 Å². The lowest BCUT2D eigenvalue weighted by Gasteiger charge is -1.97. The summed E-state index contributed by atoms with van der Waals surface area (Å²) in [6, 6.07) is 0. The number of unbranched alkanes of at least 4 members (excludes halogenated alkanes) is 7. The van der Waals surface area contributed by atoms with E-state index in [9.17, 15) is 0 Å². The van der Waals surface area contributed by atoms with Gasteiger partial charge in [0.2, 0.25) is 0 Å². The lowest BCUT2D eigenvalue weighted by atomic mass is 10.1. The molecular formula is C10H23NO3. The van der Waals surface area contributed by atoms with Crippen molar-refractivity contribution in [3.05, 3.63) is 10.1 Å². The van der Waals surface area contributed by atoms with E-state index in [-0.39, 0.29) is 0 Å². The molecule has 0 aromatic rings. The summed E-state index contributed by atoms with van der Waals surface area (Å²) >= 11 is 0. The quantitative estimate of drug-likeness (QED) is 0.390. The molecule has 0 spiro atoms. The van der Waals surface area contributed by atoms with Crippen molar-refractivity contribution in [2.24, 2.45) is 0 Å². The van der Waals surface area contributed by atoms with Gasteiger partial charge in [0, 0.05) is 0 Å². The zero-order chi connectivity index (χ0) is 11.2. The Morgan fingerprint density at radius 2 is 1.14 bits per heavy atom. The van der Waals surface area contributed by atoms with Crippen LogP contribution in [0.25, 0.3) is 0 Å². The highest BCUT2D eigenvalue weighted by atomic mass is 16.9. The van der Waals surface area contributed by atoms with Gasteiger partial charge in [-0.3, -0.25) is 0 Å². The Balaban J connectivity index is 0. The van der Waals surface area contributed by atoms with E-state index in [4.69, 9.17) is 15.3 Å². The highest BCUT2D eigenvalue weighted by molar-refractivity contribution is 4.43. The lowest BCUT2D eigenvalue weighted by molar-refractivity contribution is -0.742. The molecule has 4 heteroatoms. The second kappa shape index (κ2) is 14.7. The lowest BCUT2D eigenvalue weighted by Crippen LogP contribution is -1.81. The molecule has 1 N–H and O–H groups in total. The molecule has 0 aliphatic rings. The molecule has 0 aromatic heterocycles. The van der Waals surface area contributed by atoms with E-state index in [2.05, 4.69) is 13.8 Å². The number of nitrogens with zero attached hydrogens (tertiary/aromatic N) is 1. The Bertz CT molecular complexity index is 106. The summed E-state index contributed by atoms with van der Waals surface area (Å²) in [6.07, 6.45) is 11.5. The summed E-state index contributed by atoms with van der Waals surface area (Å²) < 4.78 is 0. The van der Waals surface area contributed by atoms with Crippen LogP contribution < -0.4 is 0 Å². The molecule has 14 heavy (non-hydrogen) atoms. The first-order valence-electron chi connectivity index (χ1n) is 5.48. The van der Waals surface area contributed by atoms with Crippen LogP contribution in [0.1, 0.15) is 65.2 Å². The van der Waals surface area contributed by atoms with Gasteiger partial charge < -0.3 is 5.21 Å². The highest BCUT2D eigenvalue weighted by Gasteiger charge is 1.87. The molecule has 0 saturated heterocycles. The van der Waals surface area contributed by atoms with Gasteiger partial charge in [0.05, 0.1) is 0 Å². The van der Waals surface area contributed by atoms with Crippen LogP contribution in [0.15, 0.2) is 0 Å². The van der Waals surface area contributed by atoms with Crippen LogP contribution in [0, 0.1) is 10.1 Å². The molecule has 0 aliphatic carbocycles. The predicted octanol–water partition coefficient (Wildman–Crippen LogP) is 3.80. The van der Waals surface area contributed by atoms with Crippen LogP contribution in [-0.4, -0.2) is 10.3 Å². The maximum Gasteiger partial charge on any atom is 0.291 e. The average Bonchev–Trinajstić information content (AvgIpc) is 2.10. The molecular weight excluding hydrogens is 182 g/mol. The zero-order valence-electron chi connectivity index (χ0n) is 9.37. The fourth-order valence-corrected chi connectivity index (χ4v) is 1.21. The molecule has 0 unspecified atom stereocenters. The van der Waals surface area contributed by atoms with E-state index in [1.807, 2.05) is 0 Å². The molecule has 0 aliphatic heterocycles. The maximum absolute atomic E-state index is 8.36. The van der Waals surface area contributed by atoms with Gasteiger partial charge in [0.15, 0.2) is 0 Å². The molecule has 0 heterocycles. The Hall–Kier alpha value is -0.800. The van der Waals surface area contributed by atoms with E-state index in [1.165, 1.54) is 51.4 Å². The molecule has 0 rings (SSSR count). The van der Waals surface area contributed by atoms with Crippen molar-refractivity contribution >= 4 is 0 Å². The monoisotopic (exact) mass is 205 g/mol. The summed E-state index contributed by atoms with van der Waals surface area (Å²) in [5.41, 5.74) is 0. The molecule has 0 radical (unpaired) electrons. The molecule has 4 nitrogen and oxygen atoms in total. The minimum absolute atomic E-state index is 1.37. The minimum Gasteiger partial charge on any atom is -0.328 e. The molecule has 0 amide bonds. The summed E-state index contributed by atoms with van der Waals surface area (Å²) in [6.45, 7) is 4.54. The fourth-order valence-electron chi connectivity index (χ4n) is 1.21. The second-order valence-corrected chi connectivity index (χ2v) is 3.36. The third kappa shape index (κ3) is 30.3. The Labute approximate surface area is 86.4 Å². The van der Waals surface area contributed by atoms with E-state index >= 15 is 0 Å². The van der Waals surface area contributed by atoms with Crippen molar-refractivity contribution in [1.82, 2.24) is 0 Å². The van der Waals surface area contributed by atoms with Crippen LogP contribution in [-0.2, 0) is 0 Å². The van der Waals surface area contributed by atoms with Crippen molar-refractivity contribution in [3.8, 4) is 0 Å². The molecule has 0 aromatic carbocycles.